The van der Waals surface area contributed by atoms with Crippen LogP contribution in [0.2, 0.25) is 0 Å². The van der Waals surface area contributed by atoms with E-state index in [0.717, 1.165) is 24.1 Å². The van der Waals surface area contributed by atoms with Crippen molar-refractivity contribution in [2.75, 3.05) is 18.5 Å². The number of likely N-dealkylation sites (N-methyl/N-ethyl adjacent to an activating group) is 1. The molecule has 0 saturated carbocycles. The minimum absolute atomic E-state index is 0.119. The molecule has 1 unspecified atom stereocenters. The Labute approximate surface area is 175 Å². The van der Waals surface area contributed by atoms with Gasteiger partial charge in [0.2, 0.25) is 0 Å². The summed E-state index contributed by atoms with van der Waals surface area (Å²) in [7, 11) is 1.92. The van der Waals surface area contributed by atoms with E-state index in [1.54, 1.807) is 24.7 Å². The Kier molecular flexibility index (Phi) is 5.81. The molecule has 2 aromatic carbocycles. The Morgan fingerprint density at radius 3 is 2.67 bits per heavy atom. The summed E-state index contributed by atoms with van der Waals surface area (Å²) in [6, 6.07) is 12.8. The molecule has 0 bridgehead atoms. The van der Waals surface area contributed by atoms with Crippen LogP contribution in [-0.2, 0) is 11.3 Å². The maximum atomic E-state index is 14.9. The molecule has 30 heavy (non-hydrogen) atoms. The van der Waals surface area contributed by atoms with Crippen LogP contribution >= 0.6 is 0 Å². The third-order valence-corrected chi connectivity index (χ3v) is 5.52. The summed E-state index contributed by atoms with van der Waals surface area (Å²) in [6.45, 7) is 3.16. The maximum Gasteiger partial charge on any atom is 0.414 e. The summed E-state index contributed by atoms with van der Waals surface area (Å²) in [5, 5.41) is 3.31. The molecule has 1 aliphatic rings. The lowest BCUT2D eigenvalue weighted by Crippen LogP contribution is -2.24. The van der Waals surface area contributed by atoms with Crippen LogP contribution in [0.3, 0.4) is 0 Å². The maximum absolute atomic E-state index is 14.9. The van der Waals surface area contributed by atoms with Crippen LogP contribution in [-0.4, -0.2) is 35.3 Å². The van der Waals surface area contributed by atoms with Gasteiger partial charge < -0.3 is 14.6 Å². The van der Waals surface area contributed by atoms with Crippen molar-refractivity contribution in [3.8, 4) is 11.1 Å². The number of hydrogen-bond donors (Lipinski definition) is 1. The quantitative estimate of drug-likeness (QED) is 0.630. The number of benzene rings is 2. The first-order valence-electron chi connectivity index (χ1n) is 10.1. The van der Waals surface area contributed by atoms with Gasteiger partial charge in [0.15, 0.2) is 0 Å². The van der Waals surface area contributed by atoms with Gasteiger partial charge in [-0.25, -0.2) is 14.2 Å². The molecule has 1 saturated heterocycles. The zero-order valence-corrected chi connectivity index (χ0v) is 17.1. The second-order valence-electron chi connectivity index (χ2n) is 7.41. The van der Waals surface area contributed by atoms with E-state index in [-0.39, 0.29) is 18.0 Å². The molecule has 2 atom stereocenters. The van der Waals surface area contributed by atoms with Crippen LogP contribution in [0.15, 0.2) is 61.2 Å². The van der Waals surface area contributed by atoms with Crippen molar-refractivity contribution in [2.24, 2.45) is 0 Å². The summed E-state index contributed by atoms with van der Waals surface area (Å²) in [5.41, 5.74) is 2.91. The fraction of sp³-hybridized carbons (Fsp3) is 0.304. The lowest BCUT2D eigenvalue weighted by Gasteiger charge is -2.18. The van der Waals surface area contributed by atoms with Crippen LogP contribution in [0.25, 0.3) is 11.1 Å². The van der Waals surface area contributed by atoms with Gasteiger partial charge >= 0.3 is 6.09 Å². The molecule has 1 amide bonds. The van der Waals surface area contributed by atoms with Gasteiger partial charge in [0.1, 0.15) is 11.9 Å². The van der Waals surface area contributed by atoms with Crippen LogP contribution < -0.4 is 10.2 Å². The molecule has 0 aliphatic carbocycles. The summed E-state index contributed by atoms with van der Waals surface area (Å²) in [4.78, 5) is 17.6. The standard InChI is InChI=1S/C23H25FN4O2/c1-3-19-13-28(23(29)30-19)18-8-9-20(21(24)12-18)16-4-6-17(7-5-16)22(25-2)14-27-11-10-26-15-27/h4-12,15,19,22,25H,3,13-14H2,1-2H3/t19-,22?/m0/s1. The number of amides is 1. The fourth-order valence-corrected chi connectivity index (χ4v) is 3.71. The molecule has 0 spiro atoms. The smallest absolute Gasteiger partial charge is 0.414 e. The Hall–Kier alpha value is -3.19. The molecule has 1 aliphatic heterocycles. The molecule has 2 heterocycles. The first kappa shape index (κ1) is 20.1. The van der Waals surface area contributed by atoms with Crippen molar-refractivity contribution in [1.29, 1.82) is 0 Å². The minimum atomic E-state index is -0.422. The molecule has 1 fully saturated rings. The fourth-order valence-electron chi connectivity index (χ4n) is 3.71. The zero-order valence-electron chi connectivity index (χ0n) is 17.1. The van der Waals surface area contributed by atoms with Gasteiger partial charge in [-0.2, -0.15) is 0 Å². The highest BCUT2D eigenvalue weighted by Gasteiger charge is 2.31. The van der Waals surface area contributed by atoms with Gasteiger partial charge in [-0.15, -0.1) is 0 Å². The molecule has 156 valence electrons. The van der Waals surface area contributed by atoms with Gasteiger partial charge in [0.25, 0.3) is 0 Å². The highest BCUT2D eigenvalue weighted by atomic mass is 19.1. The summed E-state index contributed by atoms with van der Waals surface area (Å²) < 4.78 is 22.2. The molecule has 7 heteroatoms. The van der Waals surface area contributed by atoms with E-state index in [1.807, 2.05) is 49.0 Å². The SMILES string of the molecule is CC[C@H]1CN(c2ccc(-c3ccc(C(Cn4ccnc4)NC)cc3)c(F)c2)C(=O)O1. The van der Waals surface area contributed by atoms with Gasteiger partial charge in [0, 0.05) is 30.5 Å². The van der Waals surface area contributed by atoms with E-state index in [4.69, 9.17) is 4.74 Å². The van der Waals surface area contributed by atoms with Crippen molar-refractivity contribution in [2.45, 2.75) is 32.0 Å². The number of cyclic esters (lactones) is 1. The molecular formula is C23H25FN4O2. The summed E-state index contributed by atoms with van der Waals surface area (Å²) in [6.07, 6.45) is 5.64. The van der Waals surface area contributed by atoms with Crippen LogP contribution in [0.5, 0.6) is 0 Å². The Morgan fingerprint density at radius 1 is 1.27 bits per heavy atom. The monoisotopic (exact) mass is 408 g/mol. The number of hydrogen-bond acceptors (Lipinski definition) is 4. The topological polar surface area (TPSA) is 59.4 Å². The number of ether oxygens (including phenoxy) is 1. The number of nitrogens with one attached hydrogen (secondary N) is 1. The van der Waals surface area contributed by atoms with Gasteiger partial charge in [0.05, 0.1) is 18.6 Å². The number of imidazole rings is 1. The molecule has 6 nitrogen and oxygen atoms in total. The largest absolute Gasteiger partial charge is 0.444 e. The number of rotatable bonds is 7. The van der Waals surface area contributed by atoms with Gasteiger partial charge in [-0.1, -0.05) is 31.2 Å². The normalized spacial score (nSPS) is 17.2. The molecular weight excluding hydrogens is 383 g/mol. The van der Waals surface area contributed by atoms with Crippen molar-refractivity contribution >= 4 is 11.8 Å². The summed E-state index contributed by atoms with van der Waals surface area (Å²) in [5.74, 6) is -0.364. The predicted molar refractivity (Wildman–Crippen MR) is 114 cm³/mol. The van der Waals surface area contributed by atoms with Crippen LogP contribution in [0.4, 0.5) is 14.9 Å². The van der Waals surface area contributed by atoms with Gasteiger partial charge in [-0.05, 0) is 42.8 Å². The first-order chi connectivity index (χ1) is 14.6. The van der Waals surface area contributed by atoms with E-state index in [2.05, 4.69) is 10.3 Å². The van der Waals surface area contributed by atoms with Gasteiger partial charge in [-0.3, -0.25) is 4.90 Å². The van der Waals surface area contributed by atoms with Crippen molar-refractivity contribution in [3.05, 3.63) is 72.6 Å². The predicted octanol–water partition coefficient (Wildman–Crippen LogP) is 4.39. The van der Waals surface area contributed by atoms with Crippen molar-refractivity contribution < 1.29 is 13.9 Å². The number of halogens is 1. The van der Waals surface area contributed by atoms with Crippen LogP contribution in [0.1, 0.15) is 24.9 Å². The van der Waals surface area contributed by atoms with E-state index in [9.17, 15) is 9.18 Å². The Bertz CT molecular complexity index is 1000. The number of anilines is 1. The second kappa shape index (κ2) is 8.67. The lowest BCUT2D eigenvalue weighted by atomic mass is 10.00. The first-order valence-corrected chi connectivity index (χ1v) is 10.1. The van der Waals surface area contributed by atoms with Crippen molar-refractivity contribution in [1.82, 2.24) is 14.9 Å². The van der Waals surface area contributed by atoms with E-state index < -0.39 is 6.09 Å². The molecule has 0 radical (unpaired) electrons. The van der Waals surface area contributed by atoms with Crippen LogP contribution in [0, 0.1) is 5.82 Å². The molecule has 3 aromatic rings. The zero-order chi connectivity index (χ0) is 21.1. The third kappa shape index (κ3) is 4.07. The number of aromatic nitrogens is 2. The highest BCUT2D eigenvalue weighted by Crippen LogP contribution is 2.30. The highest BCUT2D eigenvalue weighted by molar-refractivity contribution is 5.90. The van der Waals surface area contributed by atoms with E-state index in [0.29, 0.717) is 17.8 Å². The minimum Gasteiger partial charge on any atom is -0.444 e. The number of carbonyl (C=O) groups excluding carboxylic acids is 1. The second-order valence-corrected chi connectivity index (χ2v) is 7.41. The lowest BCUT2D eigenvalue weighted by molar-refractivity contribution is 0.139. The summed E-state index contributed by atoms with van der Waals surface area (Å²) >= 11 is 0. The number of nitrogens with zero attached hydrogens (tertiary/aromatic N) is 3. The number of carbonyl (C=O) groups is 1. The Balaban J connectivity index is 1.52. The Morgan fingerprint density at radius 2 is 2.07 bits per heavy atom. The average molecular weight is 408 g/mol. The average Bonchev–Trinajstić information content (AvgIpc) is 3.41. The molecule has 4 rings (SSSR count). The molecule has 1 aromatic heterocycles. The third-order valence-electron chi connectivity index (χ3n) is 5.52. The van der Waals surface area contributed by atoms with E-state index >= 15 is 0 Å². The van der Waals surface area contributed by atoms with E-state index in [1.165, 1.54) is 11.0 Å². The van der Waals surface area contributed by atoms with Crippen molar-refractivity contribution in [3.63, 3.8) is 0 Å². The molecule has 1 N–H and O–H groups in total.